The van der Waals surface area contributed by atoms with Gasteiger partial charge in [-0.15, -0.1) is 24.0 Å². The van der Waals surface area contributed by atoms with Crippen molar-refractivity contribution < 1.29 is 26.7 Å². The molecular weight excluding hydrogens is 503 g/mol. The predicted octanol–water partition coefficient (Wildman–Crippen LogP) is 3.21. The number of amides is 1. The van der Waals surface area contributed by atoms with E-state index in [9.17, 15) is 36.3 Å². The van der Waals surface area contributed by atoms with Crippen molar-refractivity contribution in [3.05, 3.63) is 72.1 Å². The van der Waals surface area contributed by atoms with Gasteiger partial charge in [-0.1, -0.05) is 0 Å². The van der Waals surface area contributed by atoms with Crippen LogP contribution >= 0.6 is 24.0 Å². The van der Waals surface area contributed by atoms with E-state index in [1.165, 1.54) is 18.7 Å². The van der Waals surface area contributed by atoms with E-state index in [4.69, 9.17) is 0 Å². The van der Waals surface area contributed by atoms with Crippen LogP contribution in [0.4, 0.5) is 22.0 Å². The van der Waals surface area contributed by atoms with E-state index in [2.05, 4.69) is 22.9 Å². The molecule has 34 heavy (non-hydrogen) atoms. The molecule has 0 aliphatic rings. The van der Waals surface area contributed by atoms with Crippen molar-refractivity contribution in [3.63, 3.8) is 0 Å². The second-order valence-electron chi connectivity index (χ2n) is 6.95. The van der Waals surface area contributed by atoms with Gasteiger partial charge in [0.15, 0.2) is 0 Å². The molecule has 3 rings (SSSR count). The number of aryl methyl sites for hydroxylation is 1. The Morgan fingerprint density at radius 3 is 2.50 bits per heavy atom. The minimum atomic E-state index is -5.27. The van der Waals surface area contributed by atoms with Gasteiger partial charge in [0.2, 0.25) is 5.91 Å². The highest BCUT2D eigenvalue weighted by Crippen LogP contribution is 2.36. The van der Waals surface area contributed by atoms with Crippen molar-refractivity contribution in [3.8, 4) is 0 Å². The maximum absolute atomic E-state index is 14.3. The Morgan fingerprint density at radius 1 is 1.21 bits per heavy atom. The zero-order chi connectivity index (χ0) is 25.4. The molecule has 14 heteroatoms. The standard InChI is InChI=1S/C20H15F5N4O3S2/c1-28-17(31)14-9(7-34-18(14)29(2)19(28)32)5-13(30)27-8-26-12(6-33)10-3-4-11(21)15(16(10)22)20(23,24)25/h3-4,6-8,33H,5H2,1-2H3,(H,26,27,30)/b12-6-. The lowest BCUT2D eigenvalue weighted by atomic mass is 10.1. The van der Waals surface area contributed by atoms with E-state index in [1.54, 1.807) is 5.38 Å². The van der Waals surface area contributed by atoms with E-state index >= 15 is 0 Å². The third-order valence-corrected chi connectivity index (χ3v) is 6.15. The number of fused-ring (bicyclic) bond motifs is 1. The molecule has 0 spiro atoms. The first kappa shape index (κ1) is 25.4. The Labute approximate surface area is 197 Å². The number of halogens is 5. The predicted molar refractivity (Wildman–Crippen MR) is 121 cm³/mol. The molecule has 0 fully saturated rings. The molecule has 0 aliphatic heterocycles. The monoisotopic (exact) mass is 518 g/mol. The van der Waals surface area contributed by atoms with Gasteiger partial charge < -0.3 is 5.32 Å². The van der Waals surface area contributed by atoms with Gasteiger partial charge in [-0.25, -0.2) is 18.6 Å². The normalized spacial score (nSPS) is 12.6. The van der Waals surface area contributed by atoms with Crippen molar-refractivity contribution >= 4 is 52.1 Å². The molecule has 0 unspecified atom stereocenters. The molecule has 2 heterocycles. The Morgan fingerprint density at radius 2 is 1.88 bits per heavy atom. The van der Waals surface area contributed by atoms with Gasteiger partial charge in [0, 0.05) is 19.7 Å². The number of carbonyl (C=O) groups is 1. The fourth-order valence-electron chi connectivity index (χ4n) is 3.13. The van der Waals surface area contributed by atoms with E-state index in [0.717, 1.165) is 33.7 Å². The molecule has 7 nitrogen and oxygen atoms in total. The van der Waals surface area contributed by atoms with Crippen molar-refractivity contribution in [2.75, 3.05) is 0 Å². The van der Waals surface area contributed by atoms with E-state index in [0.29, 0.717) is 16.5 Å². The number of aromatic nitrogens is 2. The average molecular weight is 518 g/mol. The number of carbonyl (C=O) groups excluding carboxylic acids is 1. The molecule has 3 aromatic rings. The second-order valence-corrected chi connectivity index (χ2v) is 8.06. The third-order valence-electron chi connectivity index (χ3n) is 4.80. The highest BCUT2D eigenvalue weighted by Gasteiger charge is 2.39. The van der Waals surface area contributed by atoms with Crippen LogP contribution in [0.25, 0.3) is 15.9 Å². The second kappa shape index (κ2) is 9.54. The molecule has 0 radical (unpaired) electrons. The van der Waals surface area contributed by atoms with Gasteiger partial charge in [-0.05, 0) is 28.5 Å². The summed E-state index contributed by atoms with van der Waals surface area (Å²) in [4.78, 5) is 40.9. The lowest BCUT2D eigenvalue weighted by Gasteiger charge is -2.12. The Hall–Kier alpha value is -3.26. The molecule has 1 N–H and O–H groups in total. The van der Waals surface area contributed by atoms with Crippen LogP contribution in [0.1, 0.15) is 16.7 Å². The fourth-order valence-corrected chi connectivity index (χ4v) is 4.37. The van der Waals surface area contributed by atoms with E-state index in [-0.39, 0.29) is 11.8 Å². The zero-order valence-corrected chi connectivity index (χ0v) is 19.1. The first-order valence-electron chi connectivity index (χ1n) is 9.26. The van der Waals surface area contributed by atoms with E-state index < -0.39 is 51.8 Å². The Bertz CT molecular complexity index is 1470. The summed E-state index contributed by atoms with van der Waals surface area (Å²) < 4.78 is 68.9. The quantitative estimate of drug-likeness (QED) is 0.236. The lowest BCUT2D eigenvalue weighted by Crippen LogP contribution is -2.36. The van der Waals surface area contributed by atoms with Crippen LogP contribution in [0.15, 0.2) is 37.5 Å². The third kappa shape index (κ3) is 4.68. The Balaban J connectivity index is 1.82. The van der Waals surface area contributed by atoms with Gasteiger partial charge in [-0.3, -0.25) is 18.7 Å². The molecule has 0 aliphatic carbocycles. The Kier molecular flexibility index (Phi) is 7.12. The smallest absolute Gasteiger partial charge is 0.317 e. The van der Waals surface area contributed by atoms with Gasteiger partial charge in [0.1, 0.15) is 22.0 Å². The largest absolute Gasteiger partial charge is 0.422 e. The maximum atomic E-state index is 14.3. The molecule has 180 valence electrons. The minimum absolute atomic E-state index is 0.200. The fraction of sp³-hybridized carbons (Fsp3) is 0.200. The van der Waals surface area contributed by atoms with Crippen molar-refractivity contribution in [2.45, 2.75) is 12.6 Å². The van der Waals surface area contributed by atoms with Crippen molar-refractivity contribution in [1.82, 2.24) is 14.5 Å². The van der Waals surface area contributed by atoms with Gasteiger partial charge in [0.25, 0.3) is 5.56 Å². The maximum Gasteiger partial charge on any atom is 0.422 e. The number of nitrogens with one attached hydrogen (secondary N) is 1. The summed E-state index contributed by atoms with van der Waals surface area (Å²) >= 11 is 4.90. The van der Waals surface area contributed by atoms with Crippen LogP contribution in [-0.2, 0) is 31.5 Å². The molecule has 0 bridgehead atoms. The van der Waals surface area contributed by atoms with Gasteiger partial charge in [0.05, 0.1) is 23.8 Å². The van der Waals surface area contributed by atoms with Crippen molar-refractivity contribution in [1.29, 1.82) is 0 Å². The zero-order valence-electron chi connectivity index (χ0n) is 17.4. The molecule has 0 saturated carbocycles. The van der Waals surface area contributed by atoms with Crippen LogP contribution in [0, 0.1) is 11.6 Å². The van der Waals surface area contributed by atoms with Crippen LogP contribution < -0.4 is 16.6 Å². The number of hydrogen-bond acceptors (Lipinski definition) is 6. The van der Waals surface area contributed by atoms with Crippen molar-refractivity contribution in [2.24, 2.45) is 19.1 Å². The summed E-state index contributed by atoms with van der Waals surface area (Å²) in [7, 11) is 2.80. The molecule has 0 atom stereocenters. The number of aliphatic imine (C=N–C) groups is 1. The lowest BCUT2D eigenvalue weighted by molar-refractivity contribution is -0.142. The van der Waals surface area contributed by atoms with E-state index in [1.807, 2.05) is 0 Å². The number of benzene rings is 1. The summed E-state index contributed by atoms with van der Waals surface area (Å²) in [5.74, 6) is -4.30. The molecule has 1 amide bonds. The van der Waals surface area contributed by atoms with Crippen LogP contribution in [0.5, 0.6) is 0 Å². The summed E-state index contributed by atoms with van der Waals surface area (Å²) in [6.07, 6.45) is -4.74. The van der Waals surface area contributed by atoms with Gasteiger partial charge >= 0.3 is 11.9 Å². The highest BCUT2D eigenvalue weighted by molar-refractivity contribution is 7.83. The minimum Gasteiger partial charge on any atom is -0.317 e. The number of nitrogens with zero attached hydrogens (tertiary/aromatic N) is 3. The summed E-state index contributed by atoms with van der Waals surface area (Å²) in [5, 5.41) is 4.89. The average Bonchev–Trinajstić information content (AvgIpc) is 3.17. The number of rotatable bonds is 5. The van der Waals surface area contributed by atoms with Crippen LogP contribution in [0.2, 0.25) is 0 Å². The molecule has 1 aromatic carbocycles. The molecule has 0 saturated heterocycles. The molecular formula is C20H15F5N4O3S2. The first-order valence-corrected chi connectivity index (χ1v) is 10.7. The number of thiophene rings is 1. The summed E-state index contributed by atoms with van der Waals surface area (Å²) in [6.45, 7) is 0. The first-order chi connectivity index (χ1) is 15.9. The topological polar surface area (TPSA) is 85.5 Å². The highest BCUT2D eigenvalue weighted by atomic mass is 32.1. The van der Waals surface area contributed by atoms with Gasteiger partial charge in [-0.2, -0.15) is 13.2 Å². The summed E-state index contributed by atoms with van der Waals surface area (Å²) in [5.41, 5.74) is -3.89. The van der Waals surface area contributed by atoms with Crippen LogP contribution in [0.3, 0.4) is 0 Å². The van der Waals surface area contributed by atoms with Crippen LogP contribution in [-0.4, -0.2) is 21.4 Å². The number of thiol groups is 1. The molecule has 2 aromatic heterocycles. The summed E-state index contributed by atoms with van der Waals surface area (Å²) in [6, 6.07) is 1.21. The number of alkyl halides is 3. The SMILES string of the molecule is Cn1c(=O)c2c(CC(=O)NC=N/C(=C\S)c3ccc(F)c(C(F)(F)F)c3F)csc2n(C)c1=O. The number of hydrogen-bond donors (Lipinski definition) is 2.